The first-order valence-corrected chi connectivity index (χ1v) is 13.0. The van der Waals surface area contributed by atoms with Crippen LogP contribution in [-0.2, 0) is 14.3 Å². The van der Waals surface area contributed by atoms with Crippen molar-refractivity contribution in [1.82, 2.24) is 20.4 Å². The lowest BCUT2D eigenvalue weighted by molar-refractivity contribution is -0.117. The Morgan fingerprint density at radius 3 is 2.82 bits per heavy atom. The number of anilines is 1. The van der Waals surface area contributed by atoms with Crippen LogP contribution in [0.2, 0.25) is 0 Å². The normalized spacial score (nSPS) is 17.8. The number of amides is 2. The highest BCUT2D eigenvalue weighted by Crippen LogP contribution is 2.39. The number of aromatic amines is 1. The third-order valence-corrected chi connectivity index (χ3v) is 6.64. The molecule has 0 radical (unpaired) electrons. The average Bonchev–Trinajstić information content (AvgIpc) is 3.67. The van der Waals surface area contributed by atoms with Crippen molar-refractivity contribution in [3.05, 3.63) is 77.3 Å². The lowest BCUT2D eigenvalue weighted by atomic mass is 9.95. The molecule has 3 N–H and O–H groups in total. The molecule has 0 bridgehead atoms. The first-order valence-electron chi connectivity index (χ1n) is 13.0. The predicted molar refractivity (Wildman–Crippen MR) is 150 cm³/mol. The molecule has 2 heterocycles. The number of carbonyl (C=O) groups is 2. The van der Waals surface area contributed by atoms with Gasteiger partial charge in [0.15, 0.2) is 5.82 Å². The summed E-state index contributed by atoms with van der Waals surface area (Å²) < 4.78 is 5.35. The predicted octanol–water partition coefficient (Wildman–Crippen LogP) is 3.98. The van der Waals surface area contributed by atoms with Gasteiger partial charge in [0.25, 0.3) is 0 Å². The third kappa shape index (κ3) is 7.84. The van der Waals surface area contributed by atoms with Crippen LogP contribution in [0.1, 0.15) is 55.3 Å². The van der Waals surface area contributed by atoms with Gasteiger partial charge in [0, 0.05) is 60.9 Å². The standard InChI is InChI=1S/C29H36N6O3/c1-20(31-28(36)8-5-11-35-12-14-38-15-13-35)16-25(19-30-3)24-7-4-6-23(17-24)21(2)29(37)32-27-18-26(33-34-27)22-9-10-22/h4-8,16-19,21-22H,3,9-15H2,1-2H3,(H,31,36)(H2,32,33,34,37)/b8-5+,20-16+,25-19+. The molecule has 0 spiro atoms. The van der Waals surface area contributed by atoms with Gasteiger partial charge in [0.1, 0.15) is 0 Å². The van der Waals surface area contributed by atoms with Gasteiger partial charge < -0.3 is 15.4 Å². The Hall–Kier alpha value is -3.82. The molecular weight excluding hydrogens is 480 g/mol. The molecule has 2 fully saturated rings. The van der Waals surface area contributed by atoms with Crippen molar-refractivity contribution < 1.29 is 14.3 Å². The number of morpholine rings is 1. The number of hydrogen-bond donors (Lipinski definition) is 3. The molecule has 1 saturated carbocycles. The second kappa shape index (κ2) is 13.1. The fourth-order valence-electron chi connectivity index (χ4n) is 4.27. The molecule has 38 heavy (non-hydrogen) atoms. The van der Waals surface area contributed by atoms with Crippen molar-refractivity contribution in [2.45, 2.75) is 38.5 Å². The summed E-state index contributed by atoms with van der Waals surface area (Å²) in [5.74, 6) is 0.365. The highest BCUT2D eigenvalue weighted by Gasteiger charge is 2.26. The maximum Gasteiger partial charge on any atom is 0.247 e. The summed E-state index contributed by atoms with van der Waals surface area (Å²) in [5, 5.41) is 13.0. The minimum atomic E-state index is -0.393. The van der Waals surface area contributed by atoms with Crippen LogP contribution in [0.3, 0.4) is 0 Å². The molecule has 9 nitrogen and oxygen atoms in total. The maximum absolute atomic E-state index is 12.9. The first kappa shape index (κ1) is 27.2. The zero-order chi connectivity index (χ0) is 26.9. The maximum atomic E-state index is 12.9. The van der Waals surface area contributed by atoms with Crippen LogP contribution in [-0.4, -0.2) is 66.5 Å². The molecular formula is C29H36N6O3. The van der Waals surface area contributed by atoms with Crippen LogP contribution in [0.15, 0.2) is 65.4 Å². The van der Waals surface area contributed by atoms with Crippen LogP contribution in [0.25, 0.3) is 5.57 Å². The Bertz CT molecular complexity index is 1230. The Balaban J connectivity index is 1.37. The number of nitrogens with zero attached hydrogens (tertiary/aromatic N) is 3. The number of carbonyl (C=O) groups excluding carboxylic acids is 2. The summed E-state index contributed by atoms with van der Waals surface area (Å²) in [6.07, 6.45) is 9.22. The molecule has 4 rings (SSSR count). The van der Waals surface area contributed by atoms with Gasteiger partial charge in [-0.2, -0.15) is 5.10 Å². The monoisotopic (exact) mass is 516 g/mol. The quantitative estimate of drug-likeness (QED) is 0.238. The molecule has 2 amide bonds. The summed E-state index contributed by atoms with van der Waals surface area (Å²) in [6.45, 7) is 11.2. The Morgan fingerprint density at radius 1 is 1.29 bits per heavy atom. The van der Waals surface area contributed by atoms with Gasteiger partial charge >= 0.3 is 0 Å². The van der Waals surface area contributed by atoms with Gasteiger partial charge in [-0.05, 0) is 50.6 Å². The second-order valence-corrected chi connectivity index (χ2v) is 9.72. The first-order chi connectivity index (χ1) is 18.4. The average molecular weight is 517 g/mol. The summed E-state index contributed by atoms with van der Waals surface area (Å²) in [5.41, 5.74) is 4.23. The van der Waals surface area contributed by atoms with E-state index in [1.165, 1.54) is 0 Å². The number of rotatable bonds is 11. The lowest BCUT2D eigenvalue weighted by Gasteiger charge is -2.25. The molecule has 200 valence electrons. The number of benzene rings is 1. The number of nitrogens with one attached hydrogen (secondary N) is 3. The Kier molecular flexibility index (Phi) is 9.40. The summed E-state index contributed by atoms with van der Waals surface area (Å²) in [6, 6.07) is 9.63. The summed E-state index contributed by atoms with van der Waals surface area (Å²) in [7, 11) is 0. The SMILES string of the molecule is C=N/C=C(\C=C(/C)NC(=O)/C=C/CN1CCOCC1)c1cccc(C(C)C(=O)Nc2cc(C3CC3)[nH]n2)c1. The fourth-order valence-corrected chi connectivity index (χ4v) is 4.27. The summed E-state index contributed by atoms with van der Waals surface area (Å²) in [4.78, 5) is 31.5. The van der Waals surface area contributed by atoms with Crippen molar-refractivity contribution in [3.63, 3.8) is 0 Å². The smallest absolute Gasteiger partial charge is 0.247 e. The van der Waals surface area contributed by atoms with E-state index in [1.54, 1.807) is 12.3 Å². The van der Waals surface area contributed by atoms with Crippen LogP contribution in [0.4, 0.5) is 5.82 Å². The van der Waals surface area contributed by atoms with E-state index in [1.807, 2.05) is 56.3 Å². The number of H-pyrrole nitrogens is 1. The van der Waals surface area contributed by atoms with E-state index >= 15 is 0 Å². The van der Waals surface area contributed by atoms with Gasteiger partial charge in [-0.25, -0.2) is 0 Å². The topological polar surface area (TPSA) is 112 Å². The minimum Gasteiger partial charge on any atom is -0.379 e. The highest BCUT2D eigenvalue weighted by molar-refractivity contribution is 5.95. The highest BCUT2D eigenvalue weighted by atomic mass is 16.5. The van der Waals surface area contributed by atoms with E-state index in [9.17, 15) is 9.59 Å². The van der Waals surface area contributed by atoms with E-state index in [-0.39, 0.29) is 11.8 Å². The van der Waals surface area contributed by atoms with Crippen LogP contribution in [0, 0.1) is 0 Å². The third-order valence-electron chi connectivity index (χ3n) is 6.64. The molecule has 1 atom stereocenters. The Labute approximate surface area is 223 Å². The number of aromatic nitrogens is 2. The summed E-state index contributed by atoms with van der Waals surface area (Å²) >= 11 is 0. The molecule has 1 aliphatic heterocycles. The van der Waals surface area contributed by atoms with Gasteiger partial charge in [0.05, 0.1) is 19.1 Å². The van der Waals surface area contributed by atoms with E-state index in [0.29, 0.717) is 24.0 Å². The number of allylic oxidation sites excluding steroid dienone is 3. The lowest BCUT2D eigenvalue weighted by Crippen LogP contribution is -2.36. The van der Waals surface area contributed by atoms with Crippen molar-refractivity contribution in [3.8, 4) is 0 Å². The zero-order valence-electron chi connectivity index (χ0n) is 22.1. The van der Waals surface area contributed by atoms with E-state index in [4.69, 9.17) is 4.74 Å². The van der Waals surface area contributed by atoms with E-state index < -0.39 is 5.92 Å². The number of ether oxygens (including phenoxy) is 1. The van der Waals surface area contributed by atoms with Gasteiger partial charge in [0.2, 0.25) is 11.8 Å². The largest absolute Gasteiger partial charge is 0.379 e. The zero-order valence-corrected chi connectivity index (χ0v) is 22.1. The molecule has 9 heteroatoms. The number of aliphatic imine (C=N–C) groups is 1. The molecule has 2 aliphatic rings. The van der Waals surface area contributed by atoms with Crippen molar-refractivity contribution in [2.24, 2.45) is 4.99 Å². The van der Waals surface area contributed by atoms with Gasteiger partial charge in [-0.1, -0.05) is 30.3 Å². The van der Waals surface area contributed by atoms with Gasteiger partial charge in [-0.3, -0.25) is 24.6 Å². The van der Waals surface area contributed by atoms with Crippen LogP contribution >= 0.6 is 0 Å². The molecule has 1 aromatic heterocycles. The molecule has 1 aliphatic carbocycles. The van der Waals surface area contributed by atoms with Crippen LogP contribution < -0.4 is 10.6 Å². The van der Waals surface area contributed by atoms with E-state index in [2.05, 4.69) is 37.4 Å². The molecule has 1 unspecified atom stereocenters. The fraction of sp³-hybridized carbons (Fsp3) is 0.379. The molecule has 1 saturated heterocycles. The minimum absolute atomic E-state index is 0.133. The second-order valence-electron chi connectivity index (χ2n) is 9.72. The number of hydrogen-bond acceptors (Lipinski definition) is 6. The van der Waals surface area contributed by atoms with Crippen LogP contribution in [0.5, 0.6) is 0 Å². The Morgan fingerprint density at radius 2 is 2.08 bits per heavy atom. The molecule has 1 aromatic carbocycles. The van der Waals surface area contributed by atoms with Crippen molar-refractivity contribution >= 4 is 29.9 Å². The van der Waals surface area contributed by atoms with Crippen molar-refractivity contribution in [2.75, 3.05) is 38.2 Å². The van der Waals surface area contributed by atoms with Crippen molar-refractivity contribution in [1.29, 1.82) is 0 Å². The van der Waals surface area contributed by atoms with Gasteiger partial charge in [-0.15, -0.1) is 0 Å². The van der Waals surface area contributed by atoms with E-state index in [0.717, 1.165) is 61.5 Å². The molecule has 2 aromatic rings.